The molecule has 1 fully saturated rings. The normalized spacial score (nSPS) is 25.1. The first-order chi connectivity index (χ1) is 12.2. The number of nitrogens with one attached hydrogen (secondary N) is 2. The molecule has 2 aliphatic heterocycles. The van der Waals surface area contributed by atoms with Gasteiger partial charge in [-0.2, -0.15) is 10.5 Å². The Bertz CT molecular complexity index is 792. The molecule has 3 rings (SSSR count). The molecule has 2 atom stereocenters. The molecule has 0 aromatic carbocycles. The van der Waals surface area contributed by atoms with Crippen molar-refractivity contribution in [1.82, 2.24) is 20.5 Å². The van der Waals surface area contributed by atoms with Gasteiger partial charge in [0.05, 0.1) is 19.7 Å². The Kier molecular flexibility index (Phi) is 4.64. The predicted molar refractivity (Wildman–Crippen MR) is 87.9 cm³/mol. The summed E-state index contributed by atoms with van der Waals surface area (Å²) in [6.07, 6.45) is 9.59. The summed E-state index contributed by atoms with van der Waals surface area (Å²) in [4.78, 5) is 17.9. The van der Waals surface area contributed by atoms with E-state index < -0.39 is 17.7 Å². The van der Waals surface area contributed by atoms with E-state index >= 15 is 0 Å². The van der Waals surface area contributed by atoms with Crippen molar-refractivity contribution in [3.8, 4) is 12.3 Å². The summed E-state index contributed by atoms with van der Waals surface area (Å²) in [5.74, 6) is -0.449. The van der Waals surface area contributed by atoms with Crippen LogP contribution in [0.3, 0.4) is 0 Å². The van der Waals surface area contributed by atoms with E-state index in [1.807, 2.05) is 24.4 Å². The maximum atomic E-state index is 12.5. The molecule has 1 aromatic rings. The van der Waals surface area contributed by atoms with Crippen LogP contribution in [0.15, 0.2) is 42.9 Å². The fourth-order valence-electron chi connectivity index (χ4n) is 2.65. The zero-order valence-corrected chi connectivity index (χ0v) is 13.3. The number of nitrogens with zero attached hydrogens (tertiary/aromatic N) is 4. The molecule has 0 radical (unpaired) electrons. The van der Waals surface area contributed by atoms with E-state index in [1.54, 1.807) is 24.7 Å². The number of ether oxygens (including phenoxy) is 1. The number of hydrogen-bond acceptors (Lipinski definition) is 7. The first-order valence-electron chi connectivity index (χ1n) is 7.73. The highest BCUT2D eigenvalue weighted by atomic mass is 16.5. The molecule has 0 aliphatic carbocycles. The van der Waals surface area contributed by atoms with Gasteiger partial charge in [-0.1, -0.05) is 0 Å². The van der Waals surface area contributed by atoms with Crippen molar-refractivity contribution < 1.29 is 9.53 Å². The van der Waals surface area contributed by atoms with E-state index in [0.717, 1.165) is 11.1 Å². The minimum Gasteiger partial charge on any atom is -0.365 e. The molecule has 25 heavy (non-hydrogen) atoms. The van der Waals surface area contributed by atoms with Gasteiger partial charge in [-0.15, -0.1) is 0 Å². The zero-order chi connectivity index (χ0) is 17.7. The topological polar surface area (TPSA) is 114 Å². The summed E-state index contributed by atoms with van der Waals surface area (Å²) < 4.78 is 5.43. The highest BCUT2D eigenvalue weighted by Crippen LogP contribution is 2.22. The molecule has 2 N–H and O–H groups in total. The molecule has 0 bridgehead atoms. The first-order valence-corrected chi connectivity index (χ1v) is 7.73. The van der Waals surface area contributed by atoms with Gasteiger partial charge in [0.25, 0.3) is 5.91 Å². The van der Waals surface area contributed by atoms with Crippen LogP contribution in [0.1, 0.15) is 5.56 Å². The second-order valence-corrected chi connectivity index (χ2v) is 5.63. The summed E-state index contributed by atoms with van der Waals surface area (Å²) in [6.45, 7) is 0.911. The van der Waals surface area contributed by atoms with Gasteiger partial charge in [0, 0.05) is 18.6 Å². The van der Waals surface area contributed by atoms with Gasteiger partial charge in [0.1, 0.15) is 6.07 Å². The van der Waals surface area contributed by atoms with Gasteiger partial charge < -0.3 is 20.3 Å². The second kappa shape index (κ2) is 7.04. The molecule has 8 heteroatoms. The Morgan fingerprint density at radius 1 is 1.44 bits per heavy atom. The number of rotatable bonds is 3. The van der Waals surface area contributed by atoms with Crippen LogP contribution in [0, 0.1) is 22.8 Å². The van der Waals surface area contributed by atoms with Crippen LogP contribution in [-0.2, 0) is 9.53 Å². The molecule has 2 aliphatic rings. The van der Waals surface area contributed by atoms with Crippen LogP contribution < -0.4 is 10.6 Å². The number of carbonyl (C=O) groups is 1. The Labute approximate surface area is 145 Å². The smallest absolute Gasteiger partial charge is 0.253 e. The molecule has 2 unspecified atom stereocenters. The summed E-state index contributed by atoms with van der Waals surface area (Å²) in [6, 6.07) is 5.73. The van der Waals surface area contributed by atoms with Crippen molar-refractivity contribution >= 4 is 11.5 Å². The number of nitriles is 2. The van der Waals surface area contributed by atoms with Crippen LogP contribution in [0.2, 0.25) is 0 Å². The highest BCUT2D eigenvalue weighted by molar-refractivity contribution is 5.84. The lowest BCUT2D eigenvalue weighted by Crippen LogP contribution is -2.60. The molecular formula is C17H16N6O2. The average molecular weight is 336 g/mol. The minimum absolute atomic E-state index is 0.167. The van der Waals surface area contributed by atoms with E-state index in [0.29, 0.717) is 6.54 Å². The summed E-state index contributed by atoms with van der Waals surface area (Å²) in [7, 11) is 0. The number of aromatic nitrogens is 1. The van der Waals surface area contributed by atoms with Crippen molar-refractivity contribution in [2.75, 3.05) is 19.7 Å². The van der Waals surface area contributed by atoms with Crippen molar-refractivity contribution in [3.05, 3.63) is 48.4 Å². The Balaban J connectivity index is 1.78. The molecule has 0 spiro atoms. The fraction of sp³-hybridized carbons (Fsp3) is 0.294. The van der Waals surface area contributed by atoms with Crippen LogP contribution in [0.25, 0.3) is 5.57 Å². The lowest BCUT2D eigenvalue weighted by atomic mass is 9.98. The van der Waals surface area contributed by atoms with E-state index in [1.165, 1.54) is 4.90 Å². The van der Waals surface area contributed by atoms with Gasteiger partial charge in [-0.25, -0.2) is 0 Å². The molecule has 0 saturated carbocycles. The lowest BCUT2D eigenvalue weighted by molar-refractivity contribution is -0.138. The third-order valence-electron chi connectivity index (χ3n) is 3.96. The van der Waals surface area contributed by atoms with E-state index in [9.17, 15) is 10.1 Å². The predicted octanol–water partition coefficient (Wildman–Crippen LogP) is 0.0999. The molecule has 126 valence electrons. The first kappa shape index (κ1) is 16.5. The maximum Gasteiger partial charge on any atom is 0.253 e. The number of amides is 1. The van der Waals surface area contributed by atoms with Crippen molar-refractivity contribution in [2.24, 2.45) is 0 Å². The number of morpholine rings is 1. The molecular weight excluding hydrogens is 320 g/mol. The van der Waals surface area contributed by atoms with Gasteiger partial charge >= 0.3 is 0 Å². The van der Waals surface area contributed by atoms with Crippen molar-refractivity contribution in [3.63, 3.8) is 0 Å². The lowest BCUT2D eigenvalue weighted by Gasteiger charge is -2.33. The number of hydrogen-bond donors (Lipinski definition) is 2. The number of dihydropyridines is 1. The third kappa shape index (κ3) is 3.60. The third-order valence-corrected chi connectivity index (χ3v) is 3.96. The quantitative estimate of drug-likeness (QED) is 0.752. The number of allylic oxidation sites excluding steroid dienone is 2. The second-order valence-electron chi connectivity index (χ2n) is 5.63. The standard InChI is InChI=1S/C17H16N6O2/c18-11-17(22-16(24)15-10-23(12-19)7-8-25-15)9-14(3-6-21-17)13-1-4-20-5-2-13/h1-6,9,15,21H,7-8,10H2,(H,22,24). The Morgan fingerprint density at radius 2 is 2.24 bits per heavy atom. The maximum absolute atomic E-state index is 12.5. The molecule has 1 saturated heterocycles. The van der Waals surface area contributed by atoms with Crippen molar-refractivity contribution in [1.29, 1.82) is 10.5 Å². The van der Waals surface area contributed by atoms with Gasteiger partial charge in [0.2, 0.25) is 5.66 Å². The number of carbonyl (C=O) groups excluding carboxylic acids is 1. The Hall–Kier alpha value is -3.36. The van der Waals surface area contributed by atoms with Crippen LogP contribution in [0.5, 0.6) is 0 Å². The summed E-state index contributed by atoms with van der Waals surface area (Å²) >= 11 is 0. The van der Waals surface area contributed by atoms with Crippen LogP contribution in [0.4, 0.5) is 0 Å². The zero-order valence-electron chi connectivity index (χ0n) is 13.3. The minimum atomic E-state index is -1.39. The SMILES string of the molecule is N#CN1CCOC(C(=O)NC2(C#N)C=C(c3ccncc3)C=CN2)C1. The summed E-state index contributed by atoms with van der Waals surface area (Å²) in [5.41, 5.74) is 0.278. The molecule has 1 aromatic heterocycles. The van der Waals surface area contributed by atoms with E-state index in [2.05, 4.69) is 21.7 Å². The van der Waals surface area contributed by atoms with Gasteiger partial charge in [-0.05, 0) is 35.4 Å². The number of pyridine rings is 1. The van der Waals surface area contributed by atoms with Crippen molar-refractivity contribution in [2.45, 2.75) is 11.8 Å². The van der Waals surface area contributed by atoms with Crippen LogP contribution >= 0.6 is 0 Å². The van der Waals surface area contributed by atoms with E-state index in [4.69, 9.17) is 10.00 Å². The molecule has 3 heterocycles. The average Bonchev–Trinajstić information content (AvgIpc) is 2.69. The Morgan fingerprint density at radius 3 is 2.96 bits per heavy atom. The van der Waals surface area contributed by atoms with Gasteiger partial charge in [-0.3, -0.25) is 9.78 Å². The van der Waals surface area contributed by atoms with Crippen LogP contribution in [-0.4, -0.2) is 47.3 Å². The fourth-order valence-corrected chi connectivity index (χ4v) is 2.65. The van der Waals surface area contributed by atoms with E-state index in [-0.39, 0.29) is 13.2 Å². The molecule has 8 nitrogen and oxygen atoms in total. The van der Waals surface area contributed by atoms with Gasteiger partial charge in [0.15, 0.2) is 12.3 Å². The monoisotopic (exact) mass is 336 g/mol. The molecule has 1 amide bonds. The summed E-state index contributed by atoms with van der Waals surface area (Å²) in [5, 5.41) is 24.2. The highest BCUT2D eigenvalue weighted by Gasteiger charge is 2.35. The largest absolute Gasteiger partial charge is 0.365 e.